The molecule has 22 heavy (non-hydrogen) atoms. The summed E-state index contributed by atoms with van der Waals surface area (Å²) in [5, 5.41) is 17.9. The molecule has 6 nitrogen and oxygen atoms in total. The van der Waals surface area contributed by atoms with Gasteiger partial charge in [-0.3, -0.25) is 9.48 Å². The van der Waals surface area contributed by atoms with Gasteiger partial charge in [-0.2, -0.15) is 5.10 Å². The first kappa shape index (κ1) is 16.4. The van der Waals surface area contributed by atoms with Gasteiger partial charge in [0.2, 0.25) is 0 Å². The van der Waals surface area contributed by atoms with Crippen molar-refractivity contribution in [2.75, 3.05) is 6.54 Å². The number of nitrogens with one attached hydrogen (secondary N) is 1. The second-order valence-corrected chi connectivity index (χ2v) is 5.88. The molecule has 2 aromatic heterocycles. The molecule has 0 saturated heterocycles. The summed E-state index contributed by atoms with van der Waals surface area (Å²) in [5.74, 6) is -0.0476. The molecule has 0 spiro atoms. The number of amides is 1. The highest BCUT2D eigenvalue weighted by atomic mass is 16.3. The Bertz CT molecular complexity index is 693. The first-order valence-corrected chi connectivity index (χ1v) is 7.62. The van der Waals surface area contributed by atoms with Crippen LogP contribution in [-0.4, -0.2) is 38.4 Å². The van der Waals surface area contributed by atoms with E-state index in [9.17, 15) is 9.90 Å². The minimum atomic E-state index is -0.539. The zero-order valence-electron chi connectivity index (χ0n) is 13.8. The van der Waals surface area contributed by atoms with Gasteiger partial charge in [-0.25, -0.2) is 4.98 Å². The predicted octanol–water partition coefficient (Wildman–Crippen LogP) is 1.72. The Kier molecular flexibility index (Phi) is 4.81. The normalized spacial score (nSPS) is 14.1. The molecule has 2 heterocycles. The van der Waals surface area contributed by atoms with Gasteiger partial charge in [0.1, 0.15) is 0 Å². The molecule has 6 heteroatoms. The van der Waals surface area contributed by atoms with Crippen LogP contribution in [0.4, 0.5) is 0 Å². The van der Waals surface area contributed by atoms with Crippen molar-refractivity contribution in [3.8, 4) is 0 Å². The van der Waals surface area contributed by atoms with Crippen molar-refractivity contribution in [3.05, 3.63) is 23.0 Å². The standard InChI is InChI=1S/C16H24N4O2/c1-6-9(2)13(21)8-17-16(22)12-7-10(3)18-15-14(12)11(4)19-20(15)5/h7,9,13,21H,6,8H2,1-5H3,(H,17,22). The van der Waals surface area contributed by atoms with E-state index in [1.807, 2.05) is 34.7 Å². The van der Waals surface area contributed by atoms with Gasteiger partial charge in [0.05, 0.1) is 22.7 Å². The number of hydrogen-bond donors (Lipinski definition) is 2. The Labute approximate surface area is 130 Å². The van der Waals surface area contributed by atoms with Crippen LogP contribution in [0.2, 0.25) is 0 Å². The largest absolute Gasteiger partial charge is 0.391 e. The highest BCUT2D eigenvalue weighted by molar-refractivity contribution is 6.06. The van der Waals surface area contributed by atoms with Crippen LogP contribution in [0.5, 0.6) is 0 Å². The maximum atomic E-state index is 12.5. The van der Waals surface area contributed by atoms with Crippen LogP contribution in [0.25, 0.3) is 11.0 Å². The number of hydrogen-bond acceptors (Lipinski definition) is 4. The molecule has 0 aliphatic heterocycles. The van der Waals surface area contributed by atoms with Gasteiger partial charge in [0.25, 0.3) is 5.91 Å². The van der Waals surface area contributed by atoms with Crippen LogP contribution >= 0.6 is 0 Å². The minimum Gasteiger partial charge on any atom is -0.391 e. The number of nitrogens with zero attached hydrogens (tertiary/aromatic N) is 3. The van der Waals surface area contributed by atoms with Crippen molar-refractivity contribution < 1.29 is 9.90 Å². The second-order valence-electron chi connectivity index (χ2n) is 5.88. The number of carbonyl (C=O) groups excluding carboxylic acids is 1. The van der Waals surface area contributed by atoms with Crippen molar-refractivity contribution in [1.29, 1.82) is 0 Å². The van der Waals surface area contributed by atoms with Crippen molar-refractivity contribution in [2.45, 2.75) is 40.2 Å². The first-order valence-electron chi connectivity index (χ1n) is 7.62. The number of rotatable bonds is 5. The molecule has 0 aliphatic rings. The van der Waals surface area contributed by atoms with E-state index in [1.165, 1.54) is 0 Å². The maximum absolute atomic E-state index is 12.5. The number of aryl methyl sites for hydroxylation is 3. The lowest BCUT2D eigenvalue weighted by Gasteiger charge is -2.17. The molecule has 2 N–H and O–H groups in total. The Morgan fingerprint density at radius 2 is 2.14 bits per heavy atom. The molecule has 2 unspecified atom stereocenters. The van der Waals surface area contributed by atoms with E-state index >= 15 is 0 Å². The Morgan fingerprint density at radius 1 is 1.45 bits per heavy atom. The van der Waals surface area contributed by atoms with Gasteiger partial charge in [0.15, 0.2) is 5.65 Å². The molecular formula is C16H24N4O2. The third-order valence-electron chi connectivity index (χ3n) is 4.11. The first-order chi connectivity index (χ1) is 10.3. The minimum absolute atomic E-state index is 0.152. The van der Waals surface area contributed by atoms with Gasteiger partial charge in [-0.1, -0.05) is 20.3 Å². The molecule has 2 aromatic rings. The van der Waals surface area contributed by atoms with Crippen LogP contribution in [0, 0.1) is 19.8 Å². The van der Waals surface area contributed by atoms with Crippen molar-refractivity contribution in [1.82, 2.24) is 20.1 Å². The molecule has 1 amide bonds. The monoisotopic (exact) mass is 304 g/mol. The van der Waals surface area contributed by atoms with Crippen molar-refractivity contribution in [2.24, 2.45) is 13.0 Å². The number of fused-ring (bicyclic) bond motifs is 1. The summed E-state index contributed by atoms with van der Waals surface area (Å²) in [5.41, 5.74) is 2.80. The van der Waals surface area contributed by atoms with Crippen LogP contribution in [-0.2, 0) is 7.05 Å². The molecule has 0 bridgehead atoms. The fraction of sp³-hybridized carbons (Fsp3) is 0.562. The lowest BCUT2D eigenvalue weighted by Crippen LogP contribution is -2.35. The van der Waals surface area contributed by atoms with Crippen LogP contribution < -0.4 is 5.32 Å². The summed E-state index contributed by atoms with van der Waals surface area (Å²) >= 11 is 0. The topological polar surface area (TPSA) is 80.0 Å². The van der Waals surface area contributed by atoms with Gasteiger partial charge in [-0.15, -0.1) is 0 Å². The lowest BCUT2D eigenvalue weighted by molar-refractivity contribution is 0.0851. The fourth-order valence-electron chi connectivity index (χ4n) is 2.51. The quantitative estimate of drug-likeness (QED) is 0.881. The third kappa shape index (κ3) is 3.11. The summed E-state index contributed by atoms with van der Waals surface area (Å²) in [6.07, 6.45) is 0.333. The van der Waals surface area contributed by atoms with Crippen molar-refractivity contribution in [3.63, 3.8) is 0 Å². The molecule has 2 atom stereocenters. The van der Waals surface area contributed by atoms with Crippen LogP contribution in [0.3, 0.4) is 0 Å². The number of pyridine rings is 1. The van der Waals surface area contributed by atoms with Gasteiger partial charge < -0.3 is 10.4 Å². The van der Waals surface area contributed by atoms with Crippen molar-refractivity contribution >= 4 is 16.9 Å². The number of aliphatic hydroxyl groups excluding tert-OH is 1. The maximum Gasteiger partial charge on any atom is 0.252 e. The predicted molar refractivity (Wildman–Crippen MR) is 85.8 cm³/mol. The average molecular weight is 304 g/mol. The Morgan fingerprint density at radius 3 is 2.77 bits per heavy atom. The lowest BCUT2D eigenvalue weighted by atomic mass is 10.0. The smallest absolute Gasteiger partial charge is 0.252 e. The van der Waals surface area contributed by atoms with E-state index in [0.717, 1.165) is 23.2 Å². The summed E-state index contributed by atoms with van der Waals surface area (Å²) in [7, 11) is 1.82. The molecule has 0 aliphatic carbocycles. The summed E-state index contributed by atoms with van der Waals surface area (Å²) in [4.78, 5) is 16.9. The van der Waals surface area contributed by atoms with E-state index in [-0.39, 0.29) is 18.4 Å². The van der Waals surface area contributed by atoms with Crippen LogP contribution in [0.15, 0.2) is 6.07 Å². The molecule has 0 fully saturated rings. The van der Waals surface area contributed by atoms with E-state index in [2.05, 4.69) is 15.4 Å². The van der Waals surface area contributed by atoms with E-state index in [0.29, 0.717) is 11.2 Å². The van der Waals surface area contributed by atoms with Gasteiger partial charge in [0, 0.05) is 19.3 Å². The highest BCUT2D eigenvalue weighted by Gasteiger charge is 2.19. The second kappa shape index (κ2) is 6.44. The average Bonchev–Trinajstić information content (AvgIpc) is 2.77. The molecular weight excluding hydrogens is 280 g/mol. The SMILES string of the molecule is CCC(C)C(O)CNC(=O)c1cc(C)nc2c1c(C)nn2C. The third-order valence-corrected chi connectivity index (χ3v) is 4.11. The number of aromatic nitrogens is 3. The zero-order valence-corrected chi connectivity index (χ0v) is 13.8. The van der Waals surface area contributed by atoms with E-state index < -0.39 is 6.10 Å². The van der Waals surface area contributed by atoms with E-state index in [1.54, 1.807) is 10.7 Å². The highest BCUT2D eigenvalue weighted by Crippen LogP contribution is 2.21. The van der Waals surface area contributed by atoms with Gasteiger partial charge in [-0.05, 0) is 25.8 Å². The van der Waals surface area contributed by atoms with E-state index in [4.69, 9.17) is 0 Å². The number of carbonyl (C=O) groups is 1. The summed E-state index contributed by atoms with van der Waals surface area (Å²) in [6.45, 7) is 7.95. The molecule has 0 aromatic carbocycles. The summed E-state index contributed by atoms with van der Waals surface area (Å²) < 4.78 is 1.68. The molecule has 0 radical (unpaired) electrons. The Hall–Kier alpha value is -1.95. The number of aliphatic hydroxyl groups is 1. The zero-order chi connectivity index (χ0) is 16.4. The summed E-state index contributed by atoms with van der Waals surface area (Å²) in [6, 6.07) is 1.77. The van der Waals surface area contributed by atoms with Gasteiger partial charge >= 0.3 is 0 Å². The molecule has 120 valence electrons. The Balaban J connectivity index is 2.28. The fourth-order valence-corrected chi connectivity index (χ4v) is 2.51. The molecule has 0 saturated carbocycles. The molecule has 2 rings (SSSR count). The van der Waals surface area contributed by atoms with Crippen LogP contribution in [0.1, 0.15) is 42.0 Å².